The molecule has 10 unspecified atom stereocenters. The van der Waals surface area contributed by atoms with Gasteiger partial charge in [0.25, 0.3) is 0 Å². The molecule has 1 amide bonds. The van der Waals surface area contributed by atoms with Gasteiger partial charge in [-0.15, -0.1) is 0 Å². The van der Waals surface area contributed by atoms with Crippen molar-refractivity contribution in [3.05, 3.63) is 30.3 Å². The Morgan fingerprint density at radius 2 is 1.20 bits per heavy atom. The summed E-state index contributed by atoms with van der Waals surface area (Å²) in [5.74, 6) is -3.93. The van der Waals surface area contributed by atoms with Gasteiger partial charge >= 0.3 is 23.9 Å². The zero-order chi connectivity index (χ0) is 52.8. The van der Waals surface area contributed by atoms with Crippen LogP contribution in [0.15, 0.2) is 30.3 Å². The van der Waals surface area contributed by atoms with E-state index in [9.17, 15) is 33.9 Å². The molecule has 10 atom stereocenters. The monoisotopic (exact) mass is 1010 g/mol. The molecule has 2 rings (SSSR count). The van der Waals surface area contributed by atoms with E-state index >= 15 is 0 Å². The Morgan fingerprint density at radius 3 is 1.76 bits per heavy atom. The summed E-state index contributed by atoms with van der Waals surface area (Å²) in [5, 5.41) is 9.35. The summed E-state index contributed by atoms with van der Waals surface area (Å²) in [6, 6.07) is 8.92. The molecular formula is C53H87NO17. The molecular weight excluding hydrogens is 923 g/mol. The number of carbonyl (C=O) groups is 6. The van der Waals surface area contributed by atoms with Gasteiger partial charge in [-0.2, -0.15) is 0 Å². The van der Waals surface area contributed by atoms with E-state index < -0.39 is 59.1 Å². The molecule has 18 nitrogen and oxygen atoms in total. The molecule has 1 aromatic carbocycles. The number of benzene rings is 1. The van der Waals surface area contributed by atoms with Crippen LogP contribution in [-0.4, -0.2) is 161 Å². The Kier molecular flexibility index (Phi) is 31.0. The van der Waals surface area contributed by atoms with E-state index in [1.807, 2.05) is 76.8 Å². The van der Waals surface area contributed by atoms with E-state index in [-0.39, 0.29) is 108 Å². The molecule has 1 aromatic rings. The molecule has 18 heteroatoms. The van der Waals surface area contributed by atoms with Crippen molar-refractivity contribution in [3.8, 4) is 5.75 Å². The highest BCUT2D eigenvalue weighted by atomic mass is 16.6. The van der Waals surface area contributed by atoms with Crippen LogP contribution in [0.5, 0.6) is 5.75 Å². The smallest absolute Gasteiger partial charge is 0.316 e. The maximum absolute atomic E-state index is 13.9. The number of carbonyl (C=O) groups excluding carboxylic acids is 6. The lowest BCUT2D eigenvalue weighted by atomic mass is 9.77. The van der Waals surface area contributed by atoms with Crippen LogP contribution in [0.25, 0.3) is 0 Å². The molecule has 0 aromatic heterocycles. The van der Waals surface area contributed by atoms with Crippen LogP contribution in [0, 0.1) is 17.3 Å². The molecule has 0 aliphatic carbocycles. The third-order valence-electron chi connectivity index (χ3n) is 12.1. The Balaban J connectivity index is 1.80. The number of aliphatic hydroxyl groups excluding tert-OH is 1. The largest absolute Gasteiger partial charge is 0.490 e. The molecule has 0 saturated carbocycles. The number of rotatable bonds is 38. The van der Waals surface area contributed by atoms with Crippen LogP contribution in [-0.2, 0) is 71.4 Å². The van der Waals surface area contributed by atoms with E-state index in [0.29, 0.717) is 51.4 Å². The fourth-order valence-corrected chi connectivity index (χ4v) is 7.76. The number of likely N-dealkylation sites (tertiary alicyclic amines) is 1. The molecule has 406 valence electrons. The van der Waals surface area contributed by atoms with Crippen molar-refractivity contribution in [2.75, 3.05) is 72.6 Å². The Morgan fingerprint density at radius 1 is 0.662 bits per heavy atom. The van der Waals surface area contributed by atoms with Crippen molar-refractivity contribution in [1.29, 1.82) is 0 Å². The zero-order valence-electron chi connectivity index (χ0n) is 44.4. The van der Waals surface area contributed by atoms with Crippen molar-refractivity contribution in [2.24, 2.45) is 17.3 Å². The molecule has 1 aliphatic heterocycles. The summed E-state index contributed by atoms with van der Waals surface area (Å²) in [6.07, 6.45) is 2.33. The molecule has 1 saturated heterocycles. The van der Waals surface area contributed by atoms with Crippen molar-refractivity contribution in [1.82, 2.24) is 4.90 Å². The quantitative estimate of drug-likeness (QED) is 0.0318. The van der Waals surface area contributed by atoms with Crippen molar-refractivity contribution < 1.29 is 81.2 Å². The first-order valence-corrected chi connectivity index (χ1v) is 25.6. The Labute approximate surface area is 422 Å². The van der Waals surface area contributed by atoms with Gasteiger partial charge in [0.05, 0.1) is 81.0 Å². The van der Waals surface area contributed by atoms with E-state index in [1.54, 1.807) is 20.8 Å². The summed E-state index contributed by atoms with van der Waals surface area (Å²) >= 11 is 0. The van der Waals surface area contributed by atoms with Gasteiger partial charge in [-0.05, 0) is 119 Å². The standard InChI is InChI=1S/C53H87NO17/c1-11-45(50(59)63-27-26-62-46-18-14-12-15-19-46)23-24-53(10,30-37(2)54-25-17-13-16-20-48(54)57)52(61)65-29-28-64-51(60)47(44(9)56)21-22-49(58)71-36-43(8)70-35-42(7)69-34-41(6)68-33-40(5)67-32-39(4)66-31-38(3)55/h12,14-15,18-19,37-43,45,47,55H,11,13,16-17,20-36H2,1-10H3. The summed E-state index contributed by atoms with van der Waals surface area (Å²) in [6.45, 7) is 19.5. The summed E-state index contributed by atoms with van der Waals surface area (Å²) in [5.41, 5.74) is -1.11. The highest BCUT2D eigenvalue weighted by Gasteiger charge is 2.40. The van der Waals surface area contributed by atoms with Gasteiger partial charge in [0.1, 0.15) is 50.5 Å². The molecule has 71 heavy (non-hydrogen) atoms. The molecule has 1 N–H and O–H groups in total. The SMILES string of the molecule is CCC(CCC(C)(CC(C)N1CCCCCC1=O)C(=O)OCCOC(=O)C(CCC(=O)OCC(C)OCC(C)OCC(C)OCC(C)OCC(C)OCC(C)O)C(C)=O)C(=O)OCCOc1ccccc1. The second-order valence-electron chi connectivity index (χ2n) is 19.2. The van der Waals surface area contributed by atoms with Crippen LogP contribution in [0.3, 0.4) is 0 Å². The van der Waals surface area contributed by atoms with Crippen molar-refractivity contribution in [2.45, 2.75) is 176 Å². The Hall–Kier alpha value is -4.20. The highest BCUT2D eigenvalue weighted by Crippen LogP contribution is 2.35. The summed E-state index contributed by atoms with van der Waals surface area (Å²) in [7, 11) is 0. The topological polar surface area (TPSA) is 218 Å². The van der Waals surface area contributed by atoms with Gasteiger partial charge in [-0.1, -0.05) is 31.5 Å². The minimum absolute atomic E-state index is 0.0415. The first kappa shape index (κ1) is 62.9. The number of hydrogen-bond donors (Lipinski definition) is 1. The summed E-state index contributed by atoms with van der Waals surface area (Å²) < 4.78 is 56.3. The third-order valence-corrected chi connectivity index (χ3v) is 12.1. The minimum atomic E-state index is -1.23. The van der Waals surface area contributed by atoms with E-state index in [4.69, 9.17) is 47.4 Å². The van der Waals surface area contributed by atoms with Crippen molar-refractivity contribution >= 4 is 35.6 Å². The number of nitrogens with zero attached hydrogens (tertiary/aromatic N) is 1. The Bertz CT molecular complexity index is 1700. The third kappa shape index (κ3) is 26.9. The average molecular weight is 1010 g/mol. The number of para-hydroxylation sites is 1. The number of hydrogen-bond acceptors (Lipinski definition) is 17. The normalized spacial score (nSPS) is 17.7. The van der Waals surface area contributed by atoms with Gasteiger partial charge in [-0.3, -0.25) is 28.8 Å². The molecule has 0 bridgehead atoms. The van der Waals surface area contributed by atoms with Crippen LogP contribution in [0.1, 0.15) is 133 Å². The summed E-state index contributed by atoms with van der Waals surface area (Å²) in [4.78, 5) is 80.0. The van der Waals surface area contributed by atoms with Gasteiger partial charge in [0, 0.05) is 25.4 Å². The van der Waals surface area contributed by atoms with E-state index in [0.717, 1.165) is 19.3 Å². The number of amides is 1. The minimum Gasteiger partial charge on any atom is -0.490 e. The molecule has 1 fully saturated rings. The number of Topliss-reactive ketones (excluding diaryl/α,β-unsaturated/α-hetero) is 1. The van der Waals surface area contributed by atoms with Crippen LogP contribution >= 0.6 is 0 Å². The number of aliphatic hydroxyl groups is 1. The number of ketones is 1. The van der Waals surface area contributed by atoms with Gasteiger partial charge in [0.15, 0.2) is 0 Å². The first-order valence-electron chi connectivity index (χ1n) is 25.6. The maximum atomic E-state index is 13.9. The van der Waals surface area contributed by atoms with E-state index in [1.165, 1.54) is 6.92 Å². The van der Waals surface area contributed by atoms with Crippen LogP contribution < -0.4 is 4.74 Å². The maximum Gasteiger partial charge on any atom is 0.316 e. The highest BCUT2D eigenvalue weighted by molar-refractivity contribution is 5.98. The fourth-order valence-electron chi connectivity index (χ4n) is 7.76. The number of esters is 4. The van der Waals surface area contributed by atoms with E-state index in [2.05, 4.69) is 0 Å². The van der Waals surface area contributed by atoms with Crippen LogP contribution in [0.4, 0.5) is 0 Å². The lowest BCUT2D eigenvalue weighted by molar-refractivity contribution is -0.164. The van der Waals surface area contributed by atoms with Gasteiger partial charge < -0.3 is 57.4 Å². The average Bonchev–Trinajstić information content (AvgIpc) is 3.56. The predicted octanol–water partition coefficient (Wildman–Crippen LogP) is 6.62. The molecule has 0 spiro atoms. The second kappa shape index (κ2) is 35.0. The second-order valence-corrected chi connectivity index (χ2v) is 19.2. The molecule has 1 aliphatic rings. The molecule has 1 heterocycles. The van der Waals surface area contributed by atoms with Gasteiger partial charge in [-0.25, -0.2) is 0 Å². The van der Waals surface area contributed by atoms with Crippen molar-refractivity contribution in [3.63, 3.8) is 0 Å². The van der Waals surface area contributed by atoms with Crippen LogP contribution in [0.2, 0.25) is 0 Å². The fraction of sp³-hybridized carbons (Fsp3) is 0.774. The number of ether oxygens (including phenoxy) is 10. The lowest BCUT2D eigenvalue weighted by Gasteiger charge is -2.36. The molecule has 0 radical (unpaired) electrons. The predicted molar refractivity (Wildman–Crippen MR) is 263 cm³/mol. The zero-order valence-corrected chi connectivity index (χ0v) is 44.4. The lowest BCUT2D eigenvalue weighted by Crippen LogP contribution is -2.44. The van der Waals surface area contributed by atoms with Gasteiger partial charge in [0.2, 0.25) is 5.91 Å². The first-order chi connectivity index (χ1) is 33.7.